The van der Waals surface area contributed by atoms with E-state index in [1.807, 2.05) is 31.2 Å². The highest BCUT2D eigenvalue weighted by Crippen LogP contribution is 2.38. The predicted octanol–water partition coefficient (Wildman–Crippen LogP) is 7.03. The zero-order valence-electron chi connectivity index (χ0n) is 18.4. The van der Waals surface area contributed by atoms with E-state index in [2.05, 4.69) is 0 Å². The van der Waals surface area contributed by atoms with Crippen molar-refractivity contribution in [3.63, 3.8) is 0 Å². The van der Waals surface area contributed by atoms with Crippen LogP contribution in [0.15, 0.2) is 65.6 Å². The molecule has 0 radical (unpaired) electrons. The summed E-state index contributed by atoms with van der Waals surface area (Å²) in [5, 5.41) is 11.3. The van der Waals surface area contributed by atoms with Gasteiger partial charge in [-0.15, -0.1) is 0 Å². The quantitative estimate of drug-likeness (QED) is 0.186. The van der Waals surface area contributed by atoms with Crippen LogP contribution >= 0.6 is 35.0 Å². The fraction of sp³-hybridized carbons (Fsp3) is 0.120. The molecule has 1 aliphatic rings. The van der Waals surface area contributed by atoms with Gasteiger partial charge in [-0.2, -0.15) is 0 Å². The van der Waals surface area contributed by atoms with Crippen molar-refractivity contribution in [2.24, 2.45) is 0 Å². The summed E-state index contributed by atoms with van der Waals surface area (Å²) in [6.07, 6.45) is 1.51. The molecule has 1 heterocycles. The summed E-state index contributed by atoms with van der Waals surface area (Å²) in [6.45, 7) is 2.07. The molecular formula is C25H18Cl2N2O5S. The number of benzene rings is 3. The number of carbonyl (C=O) groups is 2. The number of hydrogen-bond donors (Lipinski definition) is 0. The fourth-order valence-electron chi connectivity index (χ4n) is 3.54. The zero-order valence-corrected chi connectivity index (χ0v) is 20.7. The van der Waals surface area contributed by atoms with Gasteiger partial charge in [0.2, 0.25) is 0 Å². The van der Waals surface area contributed by atoms with Crippen molar-refractivity contribution in [3.8, 4) is 5.75 Å². The van der Waals surface area contributed by atoms with E-state index >= 15 is 0 Å². The number of nitrogens with zero attached hydrogens (tertiary/aromatic N) is 2. The maximum Gasteiger partial charge on any atom is 0.293 e. The van der Waals surface area contributed by atoms with Gasteiger partial charge in [-0.05, 0) is 48.0 Å². The molecule has 1 fully saturated rings. The Morgan fingerprint density at radius 3 is 2.46 bits per heavy atom. The van der Waals surface area contributed by atoms with Crippen LogP contribution in [-0.4, -0.2) is 21.0 Å². The molecule has 0 saturated carbocycles. The molecule has 0 unspecified atom stereocenters. The minimum Gasteiger partial charge on any atom is -0.486 e. The van der Waals surface area contributed by atoms with Gasteiger partial charge < -0.3 is 4.74 Å². The van der Waals surface area contributed by atoms with Gasteiger partial charge >= 0.3 is 0 Å². The third-order valence-corrected chi connectivity index (χ3v) is 6.64. The Morgan fingerprint density at radius 2 is 1.77 bits per heavy atom. The van der Waals surface area contributed by atoms with E-state index in [0.29, 0.717) is 11.3 Å². The first kappa shape index (κ1) is 24.8. The third-order valence-electron chi connectivity index (χ3n) is 5.17. The molecule has 0 bridgehead atoms. The van der Waals surface area contributed by atoms with Crippen LogP contribution in [-0.2, 0) is 17.9 Å². The Morgan fingerprint density at radius 1 is 1.06 bits per heavy atom. The maximum atomic E-state index is 12.9. The van der Waals surface area contributed by atoms with E-state index in [9.17, 15) is 19.7 Å². The highest BCUT2D eigenvalue weighted by Gasteiger charge is 2.36. The Hall–Kier alpha value is -3.33. The van der Waals surface area contributed by atoms with Crippen LogP contribution in [0.3, 0.4) is 0 Å². The molecule has 178 valence electrons. The van der Waals surface area contributed by atoms with Crippen molar-refractivity contribution in [2.75, 3.05) is 0 Å². The third kappa shape index (κ3) is 5.67. The Labute approximate surface area is 215 Å². The van der Waals surface area contributed by atoms with Crippen LogP contribution in [0.1, 0.15) is 22.3 Å². The van der Waals surface area contributed by atoms with E-state index < -0.39 is 16.1 Å². The van der Waals surface area contributed by atoms with Gasteiger partial charge in [0.1, 0.15) is 6.61 Å². The largest absolute Gasteiger partial charge is 0.486 e. The Balaban J connectivity index is 1.52. The lowest BCUT2D eigenvalue weighted by Gasteiger charge is -2.12. The average molecular weight is 529 g/mol. The van der Waals surface area contributed by atoms with Gasteiger partial charge in [0.05, 0.1) is 26.4 Å². The summed E-state index contributed by atoms with van der Waals surface area (Å²) in [5.74, 6) is -0.235. The first-order valence-corrected chi connectivity index (χ1v) is 11.9. The van der Waals surface area contributed by atoms with E-state index in [4.69, 9.17) is 27.9 Å². The molecule has 1 aliphatic heterocycles. The van der Waals surface area contributed by atoms with Crippen molar-refractivity contribution in [1.29, 1.82) is 0 Å². The van der Waals surface area contributed by atoms with Gasteiger partial charge in [0.25, 0.3) is 16.8 Å². The monoisotopic (exact) mass is 528 g/mol. The Bertz CT molecular complexity index is 1350. The summed E-state index contributed by atoms with van der Waals surface area (Å²) in [4.78, 5) is 37.2. The molecule has 0 aliphatic carbocycles. The van der Waals surface area contributed by atoms with Crippen LogP contribution < -0.4 is 4.74 Å². The van der Waals surface area contributed by atoms with Crippen LogP contribution in [0.2, 0.25) is 10.0 Å². The van der Waals surface area contributed by atoms with Crippen LogP contribution in [0.4, 0.5) is 10.5 Å². The van der Waals surface area contributed by atoms with Crippen LogP contribution in [0.5, 0.6) is 5.75 Å². The average Bonchev–Trinajstić information content (AvgIpc) is 3.06. The van der Waals surface area contributed by atoms with Gasteiger partial charge in [0.15, 0.2) is 5.75 Å². The number of para-hydroxylation sites is 1. The fourth-order valence-corrected chi connectivity index (χ4v) is 4.99. The molecule has 0 atom stereocenters. The number of hydrogen-bond acceptors (Lipinski definition) is 6. The molecule has 0 N–H and O–H groups in total. The highest BCUT2D eigenvalue weighted by atomic mass is 35.5. The second kappa shape index (κ2) is 10.5. The van der Waals surface area contributed by atoms with Crippen LogP contribution in [0, 0.1) is 17.0 Å². The molecule has 1 saturated heterocycles. The van der Waals surface area contributed by atoms with Crippen molar-refractivity contribution < 1.29 is 19.2 Å². The zero-order chi connectivity index (χ0) is 25.1. The number of carbonyl (C=O) groups excluding carboxylic acids is 2. The van der Waals surface area contributed by atoms with Crippen molar-refractivity contribution in [3.05, 3.63) is 108 Å². The van der Waals surface area contributed by atoms with Crippen molar-refractivity contribution in [1.82, 2.24) is 4.90 Å². The number of rotatable bonds is 7. The minimum atomic E-state index is -0.551. The topological polar surface area (TPSA) is 89.8 Å². The van der Waals surface area contributed by atoms with Crippen molar-refractivity contribution in [2.45, 2.75) is 20.1 Å². The molecular weight excluding hydrogens is 511 g/mol. The lowest BCUT2D eigenvalue weighted by molar-refractivity contribution is -0.385. The molecule has 2 amide bonds. The number of halogens is 2. The molecule has 3 aromatic rings. The second-order valence-electron chi connectivity index (χ2n) is 7.75. The Kier molecular flexibility index (Phi) is 7.45. The molecule has 3 aromatic carbocycles. The number of nitro groups is 1. The van der Waals surface area contributed by atoms with Gasteiger partial charge in [-0.3, -0.25) is 24.6 Å². The summed E-state index contributed by atoms with van der Waals surface area (Å²) in [5.41, 5.74) is 2.69. The van der Waals surface area contributed by atoms with E-state index in [-0.39, 0.29) is 39.4 Å². The highest BCUT2D eigenvalue weighted by molar-refractivity contribution is 8.18. The lowest BCUT2D eigenvalue weighted by atomic mass is 10.1. The predicted molar refractivity (Wildman–Crippen MR) is 137 cm³/mol. The van der Waals surface area contributed by atoms with E-state index in [1.54, 1.807) is 18.2 Å². The second-order valence-corrected chi connectivity index (χ2v) is 9.55. The van der Waals surface area contributed by atoms with Gasteiger partial charge in [0, 0.05) is 11.6 Å². The number of thioether (sulfide) groups is 1. The molecule has 4 rings (SSSR count). The number of nitro benzene ring substituents is 1. The summed E-state index contributed by atoms with van der Waals surface area (Å²) in [6, 6.07) is 17.0. The first-order valence-electron chi connectivity index (χ1n) is 10.4. The van der Waals surface area contributed by atoms with E-state index in [0.717, 1.165) is 27.8 Å². The molecule has 0 spiro atoms. The molecule has 7 nitrogen and oxygen atoms in total. The minimum absolute atomic E-state index is 0.157. The van der Waals surface area contributed by atoms with Gasteiger partial charge in [-0.25, -0.2) is 0 Å². The SMILES string of the molecule is Cc1cccc(COc2c(Cl)cc(/C=C3\SC(=O)N(Cc4ccccc4[N+](=O)[O-])C3=O)cc2Cl)c1. The normalized spacial score (nSPS) is 14.6. The van der Waals surface area contributed by atoms with Crippen molar-refractivity contribution >= 4 is 57.9 Å². The standard InChI is InChI=1S/C25H18Cl2N2O5S/c1-15-5-4-6-16(9-15)14-34-23-19(26)10-17(11-20(23)27)12-22-24(30)28(25(31)35-22)13-18-7-2-3-8-21(18)29(32)33/h2-12H,13-14H2,1H3/b22-12-. The summed E-state index contributed by atoms with van der Waals surface area (Å²) >= 11 is 13.5. The molecule has 0 aromatic heterocycles. The number of ether oxygens (including phenoxy) is 1. The van der Waals surface area contributed by atoms with E-state index in [1.165, 1.54) is 24.3 Å². The molecule has 10 heteroatoms. The lowest BCUT2D eigenvalue weighted by Crippen LogP contribution is -2.27. The summed E-state index contributed by atoms with van der Waals surface area (Å²) < 4.78 is 5.81. The van der Waals surface area contributed by atoms with Gasteiger partial charge in [-0.1, -0.05) is 71.2 Å². The smallest absolute Gasteiger partial charge is 0.293 e. The maximum absolute atomic E-state index is 12.9. The first-order chi connectivity index (χ1) is 16.7. The summed E-state index contributed by atoms with van der Waals surface area (Å²) in [7, 11) is 0. The number of amides is 2. The molecule has 35 heavy (non-hydrogen) atoms. The van der Waals surface area contributed by atoms with Crippen LogP contribution in [0.25, 0.3) is 6.08 Å². The number of imide groups is 1. The number of aryl methyl sites for hydroxylation is 1.